The van der Waals surface area contributed by atoms with Gasteiger partial charge in [0.05, 0.1) is 0 Å². The smallest absolute Gasteiger partial charge is 0.0484 e. The molecule has 3 rings (SSSR count). The molecule has 2 unspecified atom stereocenters. The molecule has 2 heterocycles. The van der Waals surface area contributed by atoms with Gasteiger partial charge in [0.25, 0.3) is 0 Å². The van der Waals surface area contributed by atoms with Gasteiger partial charge in [-0.1, -0.05) is 18.2 Å². The lowest BCUT2D eigenvalue weighted by atomic mass is 9.98. The van der Waals surface area contributed by atoms with Gasteiger partial charge in [-0.15, -0.1) is 0 Å². The Balaban J connectivity index is 1.89. The van der Waals surface area contributed by atoms with E-state index in [2.05, 4.69) is 40.4 Å². The van der Waals surface area contributed by atoms with Crippen molar-refractivity contribution >= 4 is 10.9 Å². The molecule has 1 fully saturated rings. The van der Waals surface area contributed by atoms with Crippen molar-refractivity contribution in [3.8, 4) is 0 Å². The third-order valence-electron chi connectivity index (χ3n) is 3.82. The van der Waals surface area contributed by atoms with Crippen molar-refractivity contribution in [2.75, 3.05) is 26.7 Å². The van der Waals surface area contributed by atoms with Crippen molar-refractivity contribution in [1.29, 1.82) is 0 Å². The molecule has 0 radical (unpaired) electrons. The predicted molar refractivity (Wildman–Crippen MR) is 74.5 cm³/mol. The number of nitrogens with zero attached hydrogens (tertiary/aromatic N) is 1. The van der Waals surface area contributed by atoms with Gasteiger partial charge in [0.1, 0.15) is 0 Å². The molecule has 0 aliphatic carbocycles. The van der Waals surface area contributed by atoms with Crippen LogP contribution in [-0.4, -0.2) is 42.6 Å². The molecular weight excluding hydrogens is 224 g/mol. The summed E-state index contributed by atoms with van der Waals surface area (Å²) in [6.45, 7) is 3.11. The lowest BCUT2D eigenvalue weighted by Gasteiger charge is -2.34. The molecule has 4 heteroatoms. The van der Waals surface area contributed by atoms with Crippen molar-refractivity contribution in [1.82, 2.24) is 15.2 Å². The molecule has 2 atom stereocenters. The number of benzene rings is 1. The van der Waals surface area contributed by atoms with Crippen LogP contribution in [-0.2, 0) is 0 Å². The van der Waals surface area contributed by atoms with Crippen molar-refractivity contribution in [2.24, 2.45) is 5.73 Å². The zero-order valence-corrected chi connectivity index (χ0v) is 10.7. The molecule has 1 aromatic carbocycles. The molecule has 0 saturated carbocycles. The number of likely N-dealkylation sites (N-methyl/N-ethyl adjacent to an activating group) is 1. The van der Waals surface area contributed by atoms with Gasteiger partial charge in [0, 0.05) is 48.8 Å². The first-order valence-corrected chi connectivity index (χ1v) is 6.49. The van der Waals surface area contributed by atoms with Crippen LogP contribution < -0.4 is 11.1 Å². The Bertz CT molecular complexity index is 533. The highest BCUT2D eigenvalue weighted by molar-refractivity contribution is 5.83. The van der Waals surface area contributed by atoms with Gasteiger partial charge in [-0.3, -0.25) is 0 Å². The van der Waals surface area contributed by atoms with E-state index in [0.29, 0.717) is 6.04 Å². The summed E-state index contributed by atoms with van der Waals surface area (Å²) in [4.78, 5) is 5.63. The molecule has 4 nitrogen and oxygen atoms in total. The van der Waals surface area contributed by atoms with Crippen LogP contribution in [0.15, 0.2) is 30.5 Å². The Morgan fingerprint density at radius 2 is 2.22 bits per heavy atom. The van der Waals surface area contributed by atoms with Gasteiger partial charge < -0.3 is 20.9 Å². The van der Waals surface area contributed by atoms with Crippen LogP contribution in [0.4, 0.5) is 0 Å². The number of rotatable bonds is 2. The molecule has 4 N–H and O–H groups in total. The van der Waals surface area contributed by atoms with E-state index < -0.39 is 0 Å². The highest BCUT2D eigenvalue weighted by Gasteiger charge is 2.25. The van der Waals surface area contributed by atoms with Crippen molar-refractivity contribution in [3.05, 3.63) is 36.0 Å². The van der Waals surface area contributed by atoms with E-state index in [-0.39, 0.29) is 6.04 Å². The second kappa shape index (κ2) is 4.72. The lowest BCUT2D eigenvalue weighted by molar-refractivity contribution is 0.220. The van der Waals surface area contributed by atoms with Gasteiger partial charge in [0.2, 0.25) is 0 Å². The lowest BCUT2D eigenvalue weighted by Crippen LogP contribution is -2.53. The third-order valence-corrected chi connectivity index (χ3v) is 3.82. The number of fused-ring (bicyclic) bond motifs is 1. The summed E-state index contributed by atoms with van der Waals surface area (Å²) < 4.78 is 0. The summed E-state index contributed by atoms with van der Waals surface area (Å²) in [7, 11) is 2.15. The van der Waals surface area contributed by atoms with Crippen molar-refractivity contribution < 1.29 is 0 Å². The maximum atomic E-state index is 6.43. The van der Waals surface area contributed by atoms with Crippen LogP contribution in [0.3, 0.4) is 0 Å². The van der Waals surface area contributed by atoms with Gasteiger partial charge in [-0.05, 0) is 18.7 Å². The summed E-state index contributed by atoms with van der Waals surface area (Å²) in [6, 6.07) is 8.68. The van der Waals surface area contributed by atoms with E-state index >= 15 is 0 Å². The molecule has 0 bridgehead atoms. The fourth-order valence-electron chi connectivity index (χ4n) is 2.76. The number of piperazine rings is 1. The first kappa shape index (κ1) is 11.7. The zero-order chi connectivity index (χ0) is 12.5. The number of aromatic amines is 1. The molecule has 1 aromatic heterocycles. The maximum absolute atomic E-state index is 6.43. The quantitative estimate of drug-likeness (QED) is 0.740. The number of nitrogens with one attached hydrogen (secondary N) is 2. The standard InChI is InChI=1S/C14H20N4/c1-18-7-6-16-13(9-18)14(15)11-8-17-12-5-3-2-4-10(11)12/h2-5,8,13-14,16-17H,6-7,9,15H2,1H3. The van der Waals surface area contributed by atoms with Crippen LogP contribution >= 0.6 is 0 Å². The second-order valence-corrected chi connectivity index (χ2v) is 5.14. The fourth-order valence-corrected chi connectivity index (χ4v) is 2.76. The molecule has 0 spiro atoms. The highest BCUT2D eigenvalue weighted by Crippen LogP contribution is 2.25. The van der Waals surface area contributed by atoms with Gasteiger partial charge in [-0.2, -0.15) is 0 Å². The molecule has 18 heavy (non-hydrogen) atoms. The summed E-state index contributed by atoms with van der Waals surface area (Å²) >= 11 is 0. The Morgan fingerprint density at radius 3 is 3.06 bits per heavy atom. The van der Waals surface area contributed by atoms with Crippen LogP contribution in [0.1, 0.15) is 11.6 Å². The van der Waals surface area contributed by atoms with Crippen molar-refractivity contribution in [3.63, 3.8) is 0 Å². The number of hydrogen-bond donors (Lipinski definition) is 3. The van der Waals surface area contributed by atoms with E-state index in [0.717, 1.165) is 25.2 Å². The molecule has 0 amide bonds. The molecular formula is C14H20N4. The molecule has 96 valence electrons. The number of hydrogen-bond acceptors (Lipinski definition) is 3. The predicted octanol–water partition coefficient (Wildman–Crippen LogP) is 1.07. The Kier molecular flexibility index (Phi) is 3.07. The van der Waals surface area contributed by atoms with Crippen molar-refractivity contribution in [2.45, 2.75) is 12.1 Å². The first-order chi connectivity index (χ1) is 8.75. The molecule has 1 aliphatic heterocycles. The summed E-state index contributed by atoms with van der Waals surface area (Å²) in [5.41, 5.74) is 8.80. The maximum Gasteiger partial charge on any atom is 0.0484 e. The Hall–Kier alpha value is -1.36. The minimum Gasteiger partial charge on any atom is -0.361 e. The second-order valence-electron chi connectivity index (χ2n) is 5.14. The monoisotopic (exact) mass is 244 g/mol. The molecule has 1 aliphatic rings. The average molecular weight is 244 g/mol. The van der Waals surface area contributed by atoms with E-state index in [1.807, 2.05) is 12.3 Å². The Morgan fingerprint density at radius 1 is 1.39 bits per heavy atom. The molecule has 2 aromatic rings. The minimum atomic E-state index is 0.0314. The number of aromatic nitrogens is 1. The summed E-state index contributed by atoms with van der Waals surface area (Å²) in [6.07, 6.45) is 2.05. The zero-order valence-electron chi connectivity index (χ0n) is 10.7. The summed E-state index contributed by atoms with van der Waals surface area (Å²) in [5, 5.41) is 4.76. The normalized spacial score (nSPS) is 23.3. The van der Waals surface area contributed by atoms with Crippen LogP contribution in [0.2, 0.25) is 0 Å². The number of para-hydroxylation sites is 1. The molecule has 1 saturated heterocycles. The minimum absolute atomic E-state index is 0.0314. The van der Waals surface area contributed by atoms with Gasteiger partial charge in [0.15, 0.2) is 0 Å². The number of H-pyrrole nitrogens is 1. The number of nitrogens with two attached hydrogens (primary N) is 1. The van der Waals surface area contributed by atoms with E-state index in [9.17, 15) is 0 Å². The van der Waals surface area contributed by atoms with Gasteiger partial charge >= 0.3 is 0 Å². The van der Waals surface area contributed by atoms with Crippen LogP contribution in [0.5, 0.6) is 0 Å². The third kappa shape index (κ3) is 2.03. The van der Waals surface area contributed by atoms with E-state index in [4.69, 9.17) is 5.73 Å². The average Bonchev–Trinajstić information content (AvgIpc) is 2.82. The van der Waals surface area contributed by atoms with E-state index in [1.54, 1.807) is 0 Å². The SMILES string of the molecule is CN1CCNC(C(N)c2c[nH]c3ccccc23)C1. The Labute approximate surface area is 107 Å². The fraction of sp³-hybridized carbons (Fsp3) is 0.429. The van der Waals surface area contributed by atoms with Crippen LogP contribution in [0, 0.1) is 0 Å². The van der Waals surface area contributed by atoms with E-state index in [1.165, 1.54) is 10.9 Å². The highest BCUT2D eigenvalue weighted by atomic mass is 15.2. The van der Waals surface area contributed by atoms with Gasteiger partial charge in [-0.25, -0.2) is 0 Å². The largest absolute Gasteiger partial charge is 0.361 e. The topological polar surface area (TPSA) is 57.1 Å². The first-order valence-electron chi connectivity index (χ1n) is 6.49. The summed E-state index contributed by atoms with van der Waals surface area (Å²) in [5.74, 6) is 0. The van der Waals surface area contributed by atoms with Crippen LogP contribution in [0.25, 0.3) is 10.9 Å².